The summed E-state index contributed by atoms with van der Waals surface area (Å²) in [5.74, 6) is 0.130. The average molecular weight is 550 g/mol. The molecule has 3 rings (SSSR count). The number of hydrogen-bond acceptors (Lipinski definition) is 7. The third-order valence-corrected chi connectivity index (χ3v) is 8.64. The topological polar surface area (TPSA) is 148 Å². The van der Waals surface area contributed by atoms with E-state index in [0.717, 1.165) is 19.3 Å². The fraction of sp³-hybridized carbons (Fsp3) is 0.440. The van der Waals surface area contributed by atoms with E-state index in [9.17, 15) is 17.4 Å². The Morgan fingerprint density at radius 3 is 2.34 bits per heavy atom. The molecule has 0 heterocycles. The summed E-state index contributed by atoms with van der Waals surface area (Å²) in [6, 6.07) is 16.3. The third kappa shape index (κ3) is 8.33. The maximum Gasteiger partial charge on any atom is 0.308 e. The van der Waals surface area contributed by atoms with Crippen molar-refractivity contribution in [3.05, 3.63) is 60.2 Å². The van der Waals surface area contributed by atoms with Gasteiger partial charge >= 0.3 is 94.4 Å². The molecule has 0 bridgehead atoms. The van der Waals surface area contributed by atoms with Gasteiger partial charge < -0.3 is 10.5 Å². The van der Waals surface area contributed by atoms with E-state index in [1.807, 2.05) is 6.07 Å². The van der Waals surface area contributed by atoms with E-state index in [-0.39, 0.29) is 33.6 Å². The van der Waals surface area contributed by atoms with E-state index in [2.05, 4.69) is 47.3 Å². The Hall–Kier alpha value is -2.42. The molecule has 5 N–H and O–H groups in total. The molecule has 0 aromatic heterocycles. The quantitative estimate of drug-likeness (QED) is 0.170. The van der Waals surface area contributed by atoms with Gasteiger partial charge in [-0.1, -0.05) is 44.2 Å². The molecule has 2 aromatic carbocycles. The second kappa shape index (κ2) is 12.5. The number of nitrogens with one attached hydrogen (secondary N) is 1. The molecule has 0 radical (unpaired) electrons. The predicted octanol–water partition coefficient (Wildman–Crippen LogP) is 2.58. The number of carbonyl (C=O) groups excluding carboxylic acids is 2. The zero-order valence-electron chi connectivity index (χ0n) is 20.5. The van der Waals surface area contributed by atoms with Gasteiger partial charge in [0.05, 0.1) is 13.0 Å². The summed E-state index contributed by atoms with van der Waals surface area (Å²) >= 11 is -4.83. The minimum absolute atomic E-state index is 0.0399. The predicted molar refractivity (Wildman–Crippen MR) is 133 cm³/mol. The summed E-state index contributed by atoms with van der Waals surface area (Å²) in [5.41, 5.74) is 8.11. The SMILES string of the molecule is CC(=O)Nc1cccc([As](=O)(O)OO)c1.COC(=O)C1CC(C(N)CC(C)(C)c2ccccc2)C1. The van der Waals surface area contributed by atoms with E-state index >= 15 is 0 Å². The number of benzene rings is 2. The van der Waals surface area contributed by atoms with Crippen LogP contribution in [0.25, 0.3) is 0 Å². The van der Waals surface area contributed by atoms with Crippen LogP contribution in [0.2, 0.25) is 0 Å². The molecule has 9 nitrogen and oxygen atoms in total. The van der Waals surface area contributed by atoms with Crippen molar-refractivity contribution < 1.29 is 31.3 Å². The Bertz CT molecular complexity index is 1040. The van der Waals surface area contributed by atoms with Crippen LogP contribution in [0.15, 0.2) is 54.6 Å². The molecule has 35 heavy (non-hydrogen) atoms. The van der Waals surface area contributed by atoms with Gasteiger partial charge in [0.25, 0.3) is 0 Å². The Labute approximate surface area is 208 Å². The van der Waals surface area contributed by atoms with Gasteiger partial charge in [0.1, 0.15) is 0 Å². The molecule has 2 atom stereocenters. The maximum atomic E-state index is 11.4. The minimum atomic E-state index is -4.83. The van der Waals surface area contributed by atoms with Crippen LogP contribution in [0, 0.1) is 11.8 Å². The molecule has 1 saturated carbocycles. The normalized spacial score (nSPS) is 19.7. The molecule has 192 valence electrons. The van der Waals surface area contributed by atoms with Crippen molar-refractivity contribution in [3.8, 4) is 0 Å². The smallest absolute Gasteiger partial charge is 0.308 e. The summed E-state index contributed by atoms with van der Waals surface area (Å²) in [4.78, 5) is 22.1. The number of hydrogen-bond donors (Lipinski definition) is 4. The van der Waals surface area contributed by atoms with Crippen LogP contribution in [0.5, 0.6) is 0 Å². The van der Waals surface area contributed by atoms with Crippen molar-refractivity contribution in [1.82, 2.24) is 0 Å². The summed E-state index contributed by atoms with van der Waals surface area (Å²) < 4.78 is 28.7. The number of carbonyl (C=O) groups is 2. The zero-order chi connectivity index (χ0) is 26.2. The number of anilines is 1. The van der Waals surface area contributed by atoms with Crippen molar-refractivity contribution in [2.24, 2.45) is 17.6 Å². The minimum Gasteiger partial charge on any atom is -0.469 e. The van der Waals surface area contributed by atoms with Gasteiger partial charge in [0.15, 0.2) is 0 Å². The van der Waals surface area contributed by atoms with E-state index in [0.29, 0.717) is 11.6 Å². The van der Waals surface area contributed by atoms with Gasteiger partial charge in [-0.3, -0.25) is 4.79 Å². The van der Waals surface area contributed by atoms with E-state index in [4.69, 9.17) is 15.7 Å². The van der Waals surface area contributed by atoms with Crippen molar-refractivity contribution in [2.75, 3.05) is 12.4 Å². The molecule has 1 fully saturated rings. The van der Waals surface area contributed by atoms with Crippen molar-refractivity contribution >= 4 is 36.1 Å². The molecule has 0 aliphatic heterocycles. The van der Waals surface area contributed by atoms with Crippen LogP contribution in [0.4, 0.5) is 5.69 Å². The van der Waals surface area contributed by atoms with Crippen molar-refractivity contribution in [2.45, 2.75) is 51.5 Å². The Morgan fingerprint density at radius 2 is 1.80 bits per heavy atom. The Kier molecular flexibility index (Phi) is 10.3. The summed E-state index contributed by atoms with van der Waals surface area (Å²) in [6.45, 7) is 5.79. The molecule has 1 amide bonds. The summed E-state index contributed by atoms with van der Waals surface area (Å²) in [6.07, 6.45) is 2.69. The van der Waals surface area contributed by atoms with Gasteiger partial charge in [-0.15, -0.1) is 0 Å². The number of rotatable bonds is 8. The fourth-order valence-electron chi connectivity index (χ4n) is 4.14. The number of methoxy groups -OCH3 is 1. The first-order valence-electron chi connectivity index (χ1n) is 11.3. The average Bonchev–Trinajstić information content (AvgIpc) is 2.78. The van der Waals surface area contributed by atoms with Gasteiger partial charge in [-0.25, -0.2) is 0 Å². The number of amides is 1. The van der Waals surface area contributed by atoms with Gasteiger partial charge in [-0.05, 0) is 36.2 Å². The van der Waals surface area contributed by atoms with Crippen LogP contribution in [-0.4, -0.2) is 48.6 Å². The first-order valence-corrected chi connectivity index (χ1v) is 14.6. The van der Waals surface area contributed by atoms with Gasteiger partial charge in [0.2, 0.25) is 0 Å². The van der Waals surface area contributed by atoms with E-state index in [1.54, 1.807) is 6.07 Å². The molecule has 1 aliphatic carbocycles. The van der Waals surface area contributed by atoms with Crippen molar-refractivity contribution in [3.63, 3.8) is 0 Å². The van der Waals surface area contributed by atoms with E-state index < -0.39 is 14.2 Å². The standard InChI is InChI=1S/C17H25NO2.C8H10AsNO5/c1-17(2,14-7-5-4-6-8-14)11-15(18)12-9-13(10-12)16(19)20-3;1-6(11)10-8-4-2-3-7(5-8)9(12,13)15-14/h4-8,12-13,15H,9-11,18H2,1-3H3;2-5,14H,1H3,(H,10,11)(H,12,13). The molecule has 2 aromatic rings. The second-order valence-corrected chi connectivity index (χ2v) is 13.0. The first kappa shape index (κ1) is 28.8. The van der Waals surface area contributed by atoms with Crippen LogP contribution >= 0.6 is 0 Å². The van der Waals surface area contributed by atoms with Crippen LogP contribution < -0.4 is 15.4 Å². The van der Waals surface area contributed by atoms with Crippen LogP contribution in [0.3, 0.4) is 0 Å². The molecule has 0 spiro atoms. The fourth-order valence-corrected chi connectivity index (χ4v) is 5.55. The largest absolute Gasteiger partial charge is 0.469 e. The Balaban J connectivity index is 0.000000258. The van der Waals surface area contributed by atoms with Crippen molar-refractivity contribution in [1.29, 1.82) is 0 Å². The second-order valence-electron chi connectivity index (χ2n) is 9.40. The molecule has 0 saturated heterocycles. The van der Waals surface area contributed by atoms with E-state index in [1.165, 1.54) is 37.8 Å². The van der Waals surface area contributed by atoms with Gasteiger partial charge in [-0.2, -0.15) is 0 Å². The molecule has 2 unspecified atom stereocenters. The molecular weight excluding hydrogens is 515 g/mol. The van der Waals surface area contributed by atoms with Crippen LogP contribution in [0.1, 0.15) is 45.6 Å². The number of nitrogens with two attached hydrogens (primary N) is 1. The Morgan fingerprint density at radius 1 is 1.17 bits per heavy atom. The summed E-state index contributed by atoms with van der Waals surface area (Å²) in [5, 5.41) is 10.7. The summed E-state index contributed by atoms with van der Waals surface area (Å²) in [7, 11) is 1.45. The molecular formula is C25H35AsN2O7. The first-order chi connectivity index (χ1) is 16.4. The molecule has 1 aliphatic rings. The monoisotopic (exact) mass is 550 g/mol. The third-order valence-electron chi connectivity index (χ3n) is 6.22. The van der Waals surface area contributed by atoms with Crippen LogP contribution in [-0.2, 0) is 27.4 Å². The molecule has 10 heteroatoms. The maximum absolute atomic E-state index is 11.4. The number of ether oxygens (including phenoxy) is 1. The zero-order valence-corrected chi connectivity index (χ0v) is 22.4. The number of esters is 1. The van der Waals surface area contributed by atoms with Gasteiger partial charge in [0, 0.05) is 6.04 Å².